The van der Waals surface area contributed by atoms with E-state index in [1.807, 2.05) is 54.6 Å². The number of unbranched alkanes of at least 4 members (excludes halogenated alkanes) is 4. The zero-order valence-electron chi connectivity index (χ0n) is 33.6. The number of hydrogen-bond acceptors (Lipinski definition) is 10. The third-order valence-electron chi connectivity index (χ3n) is 12.0. The topological polar surface area (TPSA) is 156 Å². The summed E-state index contributed by atoms with van der Waals surface area (Å²) in [6.45, 7) is 4.60. The fourth-order valence-corrected chi connectivity index (χ4v) is 9.12. The second-order valence-electron chi connectivity index (χ2n) is 16.1. The summed E-state index contributed by atoms with van der Waals surface area (Å²) in [5, 5.41) is 26.8. The number of carbonyl (C=O) groups excluding carboxylic acids is 3. The van der Waals surface area contributed by atoms with E-state index < -0.39 is 47.6 Å². The number of allylic oxidation sites excluding steroid dienone is 1. The summed E-state index contributed by atoms with van der Waals surface area (Å²) in [5.41, 5.74) is 2.40. The molecule has 3 aliphatic heterocycles. The predicted octanol–water partition coefficient (Wildman–Crippen LogP) is 6.13. The number of aliphatic hydroxyl groups is 1. The fourth-order valence-electron chi connectivity index (χ4n) is 9.12. The molecular formula is C46H57N3O9. The molecule has 7 rings (SSSR count). The third-order valence-corrected chi connectivity index (χ3v) is 12.0. The maximum absolute atomic E-state index is 14.9. The number of benzene rings is 3. The number of ether oxygens (including phenoxy) is 3. The van der Waals surface area contributed by atoms with Gasteiger partial charge in [-0.1, -0.05) is 106 Å². The van der Waals surface area contributed by atoms with Crippen LogP contribution in [-0.2, 0) is 48.1 Å². The van der Waals surface area contributed by atoms with Crippen molar-refractivity contribution in [3.05, 3.63) is 107 Å². The van der Waals surface area contributed by atoms with Crippen LogP contribution in [0.25, 0.3) is 6.08 Å². The van der Waals surface area contributed by atoms with Gasteiger partial charge in [0.05, 0.1) is 13.2 Å². The Balaban J connectivity index is 1.17. The molecule has 0 unspecified atom stereocenters. The number of phenols is 1. The molecule has 12 heteroatoms. The molecule has 310 valence electrons. The van der Waals surface area contributed by atoms with Crippen LogP contribution in [0, 0.1) is 5.41 Å². The summed E-state index contributed by atoms with van der Waals surface area (Å²) in [6.07, 6.45) is 9.38. The molecular weight excluding hydrogens is 739 g/mol. The highest BCUT2D eigenvalue weighted by molar-refractivity contribution is 5.95. The number of fused-ring (bicyclic) bond motifs is 4. The number of para-hydroxylation sites is 1. The quantitative estimate of drug-likeness (QED) is 0.0823. The SMILES string of the molecule is CCCCCC1(CCCCC)O[C@@H]2[C@H](O1)[C@H]1ON(Cc3cccc(C=CCc4ccccc4O)c3)[C@@H]3C(=O)O[C@@H]2C[C@]13C(=O)NCc1cccc(C(=O)NCCO)c1. The zero-order chi connectivity index (χ0) is 40.7. The maximum Gasteiger partial charge on any atom is 0.327 e. The lowest BCUT2D eigenvalue weighted by Crippen LogP contribution is -2.69. The first-order valence-corrected chi connectivity index (χ1v) is 21.0. The smallest absolute Gasteiger partial charge is 0.327 e. The van der Waals surface area contributed by atoms with Crippen molar-refractivity contribution in [2.75, 3.05) is 13.2 Å². The van der Waals surface area contributed by atoms with Gasteiger partial charge in [0, 0.05) is 37.9 Å². The van der Waals surface area contributed by atoms with E-state index in [1.54, 1.807) is 35.4 Å². The number of phenolic OH excluding ortho intramolecular Hbond substituents is 1. The van der Waals surface area contributed by atoms with Crippen molar-refractivity contribution < 1.29 is 43.6 Å². The number of aliphatic hydroxyl groups excluding tert-OH is 1. The molecule has 12 nitrogen and oxygen atoms in total. The standard InChI is InChI=1S/C46H57N3O9/c1-3-5-9-22-45(23-10-6-4-2)56-38-37-28-46(44(54)48-29-32-16-13-20-35(27-32)42(52)47-24-25-50)40(43(53)55-37)49(58-41(46)39(38)57-45)30-33-17-11-14-31(26-33)15-12-19-34-18-7-8-21-36(34)51/h7-8,11-18,20-21,26-27,37-41,50-51H,3-6,9-10,19,22-25,28-30H2,1-2H3,(H,47,52)(H,48,54)/t37-,38+,39+,40-,41-,46-/m1/s1. The van der Waals surface area contributed by atoms with Crippen LogP contribution in [-0.4, -0.2) is 82.5 Å². The first-order chi connectivity index (χ1) is 28.2. The minimum absolute atomic E-state index is 0.111. The molecule has 3 aromatic rings. The number of amides is 2. The van der Waals surface area contributed by atoms with Crippen LogP contribution in [0.2, 0.25) is 0 Å². The van der Waals surface area contributed by atoms with Crippen LogP contribution in [0.1, 0.15) is 104 Å². The van der Waals surface area contributed by atoms with Gasteiger partial charge in [0.15, 0.2) is 11.8 Å². The number of hydrogen-bond donors (Lipinski definition) is 4. The van der Waals surface area contributed by atoms with Gasteiger partial charge in [-0.2, -0.15) is 5.06 Å². The van der Waals surface area contributed by atoms with Crippen LogP contribution >= 0.6 is 0 Å². The van der Waals surface area contributed by atoms with Crippen LogP contribution in [0.15, 0.2) is 78.9 Å². The van der Waals surface area contributed by atoms with Crippen LogP contribution < -0.4 is 10.6 Å². The summed E-state index contributed by atoms with van der Waals surface area (Å²) in [4.78, 5) is 48.7. The first kappa shape index (κ1) is 41.6. The summed E-state index contributed by atoms with van der Waals surface area (Å²) in [5.74, 6) is -1.83. The Bertz CT molecular complexity index is 1940. The molecule has 0 spiro atoms. The molecule has 3 aromatic carbocycles. The number of rotatable bonds is 19. The van der Waals surface area contributed by atoms with E-state index in [-0.39, 0.29) is 50.2 Å². The Kier molecular flexibility index (Phi) is 13.3. The predicted molar refractivity (Wildman–Crippen MR) is 217 cm³/mol. The molecule has 3 saturated heterocycles. The molecule has 4 fully saturated rings. The molecule has 2 amide bonds. The normalized spacial score (nSPS) is 25.7. The maximum atomic E-state index is 14.9. The summed E-state index contributed by atoms with van der Waals surface area (Å²) < 4.78 is 20.1. The summed E-state index contributed by atoms with van der Waals surface area (Å²) in [6, 6.07) is 21.1. The van der Waals surface area contributed by atoms with Gasteiger partial charge >= 0.3 is 5.97 Å². The second-order valence-corrected chi connectivity index (χ2v) is 16.1. The van der Waals surface area contributed by atoms with Gasteiger partial charge in [0.1, 0.15) is 35.6 Å². The van der Waals surface area contributed by atoms with Crippen LogP contribution in [0.3, 0.4) is 0 Å². The van der Waals surface area contributed by atoms with E-state index in [0.29, 0.717) is 30.4 Å². The highest BCUT2D eigenvalue weighted by atomic mass is 16.8. The highest BCUT2D eigenvalue weighted by Gasteiger charge is 2.76. The van der Waals surface area contributed by atoms with Crippen molar-refractivity contribution in [1.29, 1.82) is 0 Å². The highest BCUT2D eigenvalue weighted by Crippen LogP contribution is 2.58. The first-order valence-electron chi connectivity index (χ1n) is 21.0. The number of nitrogens with one attached hydrogen (secondary N) is 2. The van der Waals surface area contributed by atoms with Gasteiger partial charge in [-0.15, -0.1) is 0 Å². The molecule has 1 aliphatic carbocycles. The Morgan fingerprint density at radius 2 is 1.64 bits per heavy atom. The number of carbonyl (C=O) groups is 3. The Morgan fingerprint density at radius 3 is 2.40 bits per heavy atom. The summed E-state index contributed by atoms with van der Waals surface area (Å²) in [7, 11) is 0. The van der Waals surface area contributed by atoms with E-state index in [4.69, 9.17) is 24.2 Å². The van der Waals surface area contributed by atoms with E-state index in [9.17, 15) is 19.5 Å². The Hall–Kier alpha value is -4.59. The van der Waals surface area contributed by atoms with Crippen molar-refractivity contribution in [1.82, 2.24) is 15.7 Å². The molecule has 2 bridgehead atoms. The number of nitrogens with zero attached hydrogens (tertiary/aromatic N) is 1. The molecule has 0 aromatic heterocycles. The molecule has 0 radical (unpaired) electrons. The number of esters is 1. The summed E-state index contributed by atoms with van der Waals surface area (Å²) >= 11 is 0. The lowest BCUT2D eigenvalue weighted by Gasteiger charge is -2.48. The van der Waals surface area contributed by atoms with Crippen molar-refractivity contribution in [2.45, 2.75) is 127 Å². The van der Waals surface area contributed by atoms with Crippen molar-refractivity contribution in [2.24, 2.45) is 5.41 Å². The molecule has 58 heavy (non-hydrogen) atoms. The minimum Gasteiger partial charge on any atom is -0.508 e. The third kappa shape index (κ3) is 8.72. The van der Waals surface area contributed by atoms with Crippen molar-refractivity contribution in [3.8, 4) is 5.75 Å². The van der Waals surface area contributed by atoms with Crippen LogP contribution in [0.4, 0.5) is 0 Å². The van der Waals surface area contributed by atoms with Gasteiger partial charge in [-0.25, -0.2) is 0 Å². The van der Waals surface area contributed by atoms with E-state index in [0.717, 1.165) is 55.2 Å². The lowest BCUT2D eigenvalue weighted by molar-refractivity contribution is -0.224. The molecule has 4 aliphatic rings. The van der Waals surface area contributed by atoms with E-state index in [1.165, 1.54) is 0 Å². The zero-order valence-corrected chi connectivity index (χ0v) is 33.6. The van der Waals surface area contributed by atoms with Crippen molar-refractivity contribution >= 4 is 23.9 Å². The number of hydroxylamine groups is 2. The molecule has 1 saturated carbocycles. The molecule has 3 heterocycles. The molecule has 4 N–H and O–H groups in total. The number of aromatic hydroxyl groups is 1. The van der Waals surface area contributed by atoms with E-state index >= 15 is 0 Å². The van der Waals surface area contributed by atoms with Gasteiger partial charge in [0.25, 0.3) is 5.91 Å². The van der Waals surface area contributed by atoms with Gasteiger partial charge in [-0.3, -0.25) is 19.2 Å². The average molecular weight is 796 g/mol. The largest absolute Gasteiger partial charge is 0.508 e. The van der Waals surface area contributed by atoms with Gasteiger partial charge in [0.2, 0.25) is 5.91 Å². The minimum atomic E-state index is -1.35. The van der Waals surface area contributed by atoms with E-state index in [2.05, 4.69) is 24.5 Å². The average Bonchev–Trinajstić information content (AvgIpc) is 3.78. The van der Waals surface area contributed by atoms with Crippen LogP contribution in [0.5, 0.6) is 5.75 Å². The fraction of sp³-hybridized carbons (Fsp3) is 0.500. The van der Waals surface area contributed by atoms with Gasteiger partial charge < -0.3 is 35.1 Å². The molecule has 6 atom stereocenters. The Labute approximate surface area is 340 Å². The van der Waals surface area contributed by atoms with Gasteiger partial charge in [-0.05, 0) is 59.7 Å². The van der Waals surface area contributed by atoms with Crippen molar-refractivity contribution in [3.63, 3.8) is 0 Å². The Morgan fingerprint density at radius 1 is 0.897 bits per heavy atom. The lowest BCUT2D eigenvalue weighted by atomic mass is 9.62. The monoisotopic (exact) mass is 795 g/mol. The second kappa shape index (κ2) is 18.6.